The number of ether oxygens (including phenoxy) is 4. The lowest BCUT2D eigenvalue weighted by molar-refractivity contribution is 0.0507. The number of rotatable bonds is 6. The first-order valence-corrected chi connectivity index (χ1v) is 9.95. The molecule has 2 rings (SSSR count). The van der Waals surface area contributed by atoms with Gasteiger partial charge in [-0.3, -0.25) is 4.99 Å². The molecule has 9 heteroatoms. The topological polar surface area (TPSA) is 93.7 Å². The standard InChI is InChI=1S/C21H34N4O5/c1-21(2,3)30-20(26)24-15-10-11-25(13-15)19(22-4)23-12-14-8-9-16(27-5)18(29-7)17(14)28-6/h8-9,15H,10-13H2,1-7H3,(H,22,23)(H,24,26). The largest absolute Gasteiger partial charge is 0.493 e. The molecule has 0 aliphatic carbocycles. The fourth-order valence-corrected chi connectivity index (χ4v) is 3.35. The van der Waals surface area contributed by atoms with Crippen LogP contribution in [-0.4, -0.2) is 70.1 Å². The van der Waals surface area contributed by atoms with Gasteiger partial charge in [0.25, 0.3) is 0 Å². The molecule has 0 aromatic heterocycles. The predicted molar refractivity (Wildman–Crippen MR) is 116 cm³/mol. The van der Waals surface area contributed by atoms with E-state index in [1.807, 2.05) is 32.9 Å². The minimum Gasteiger partial charge on any atom is -0.493 e. The number of likely N-dealkylation sites (tertiary alicyclic amines) is 1. The van der Waals surface area contributed by atoms with Gasteiger partial charge in [0.1, 0.15) is 5.60 Å². The summed E-state index contributed by atoms with van der Waals surface area (Å²) in [5.74, 6) is 2.53. The normalized spacial score (nSPS) is 16.8. The van der Waals surface area contributed by atoms with E-state index in [4.69, 9.17) is 18.9 Å². The van der Waals surface area contributed by atoms with Gasteiger partial charge in [0, 0.05) is 32.2 Å². The summed E-state index contributed by atoms with van der Waals surface area (Å²) in [4.78, 5) is 18.5. The Morgan fingerprint density at radius 2 is 1.87 bits per heavy atom. The van der Waals surface area contributed by atoms with E-state index in [9.17, 15) is 4.79 Å². The van der Waals surface area contributed by atoms with Crippen LogP contribution in [0.15, 0.2) is 17.1 Å². The Morgan fingerprint density at radius 3 is 2.43 bits per heavy atom. The van der Waals surface area contributed by atoms with E-state index in [0.29, 0.717) is 30.3 Å². The molecule has 1 heterocycles. The quantitative estimate of drug-likeness (QED) is 0.537. The van der Waals surface area contributed by atoms with E-state index in [0.717, 1.165) is 24.5 Å². The van der Waals surface area contributed by atoms with Crippen molar-refractivity contribution in [1.82, 2.24) is 15.5 Å². The first kappa shape index (κ1) is 23.4. The third kappa shape index (κ3) is 6.08. The minimum absolute atomic E-state index is 0.00835. The van der Waals surface area contributed by atoms with Gasteiger partial charge in [-0.25, -0.2) is 4.79 Å². The van der Waals surface area contributed by atoms with Crippen LogP contribution in [0.4, 0.5) is 4.79 Å². The number of hydrogen-bond donors (Lipinski definition) is 2. The van der Waals surface area contributed by atoms with Crippen LogP contribution in [0.1, 0.15) is 32.8 Å². The number of guanidine groups is 1. The number of alkyl carbamates (subject to hydrolysis) is 1. The lowest BCUT2D eigenvalue weighted by Crippen LogP contribution is -2.44. The van der Waals surface area contributed by atoms with Crippen LogP contribution >= 0.6 is 0 Å². The molecule has 1 aromatic carbocycles. The number of carbonyl (C=O) groups excluding carboxylic acids is 1. The lowest BCUT2D eigenvalue weighted by atomic mass is 10.1. The predicted octanol–water partition coefficient (Wildman–Crippen LogP) is 2.39. The molecular weight excluding hydrogens is 388 g/mol. The molecule has 1 aliphatic rings. The molecule has 1 saturated heterocycles. The first-order valence-electron chi connectivity index (χ1n) is 9.95. The number of carbonyl (C=O) groups is 1. The summed E-state index contributed by atoms with van der Waals surface area (Å²) in [6.07, 6.45) is 0.423. The molecule has 0 radical (unpaired) electrons. The highest BCUT2D eigenvalue weighted by Gasteiger charge is 2.28. The van der Waals surface area contributed by atoms with Crippen LogP contribution in [0.3, 0.4) is 0 Å². The van der Waals surface area contributed by atoms with Crippen LogP contribution in [0.2, 0.25) is 0 Å². The van der Waals surface area contributed by atoms with Gasteiger partial charge in [0.2, 0.25) is 5.75 Å². The monoisotopic (exact) mass is 422 g/mol. The number of methoxy groups -OCH3 is 3. The highest BCUT2D eigenvalue weighted by molar-refractivity contribution is 5.80. The second kappa shape index (κ2) is 10.3. The molecular formula is C21H34N4O5. The SMILES string of the molecule is CN=C(NCc1ccc(OC)c(OC)c1OC)N1CCC(NC(=O)OC(C)(C)C)C1. The molecule has 1 unspecified atom stereocenters. The number of nitrogens with one attached hydrogen (secondary N) is 2. The Bertz CT molecular complexity index is 760. The van der Waals surface area contributed by atoms with Crippen molar-refractivity contribution in [3.05, 3.63) is 17.7 Å². The fourth-order valence-electron chi connectivity index (χ4n) is 3.35. The summed E-state index contributed by atoms with van der Waals surface area (Å²) in [5.41, 5.74) is 0.400. The lowest BCUT2D eigenvalue weighted by Gasteiger charge is -2.24. The zero-order valence-corrected chi connectivity index (χ0v) is 19.0. The number of nitrogens with zero attached hydrogens (tertiary/aromatic N) is 2. The molecule has 0 bridgehead atoms. The van der Waals surface area contributed by atoms with Crippen molar-refractivity contribution in [2.24, 2.45) is 4.99 Å². The second-order valence-electron chi connectivity index (χ2n) is 7.97. The van der Waals surface area contributed by atoms with Gasteiger partial charge in [-0.05, 0) is 39.3 Å². The summed E-state index contributed by atoms with van der Waals surface area (Å²) in [6.45, 7) is 7.48. The van der Waals surface area contributed by atoms with Gasteiger partial charge in [0.15, 0.2) is 17.5 Å². The summed E-state index contributed by atoms with van der Waals surface area (Å²) < 4.78 is 21.7. The zero-order valence-electron chi connectivity index (χ0n) is 19.0. The molecule has 2 N–H and O–H groups in total. The van der Waals surface area contributed by atoms with Gasteiger partial charge in [-0.2, -0.15) is 0 Å². The molecule has 0 spiro atoms. The highest BCUT2D eigenvalue weighted by Crippen LogP contribution is 2.39. The van der Waals surface area contributed by atoms with Gasteiger partial charge >= 0.3 is 6.09 Å². The van der Waals surface area contributed by atoms with Crippen molar-refractivity contribution in [3.63, 3.8) is 0 Å². The fraction of sp³-hybridized carbons (Fsp3) is 0.619. The smallest absolute Gasteiger partial charge is 0.407 e. The van der Waals surface area contributed by atoms with Gasteiger partial charge in [-0.1, -0.05) is 0 Å². The van der Waals surface area contributed by atoms with E-state index in [2.05, 4.69) is 20.5 Å². The molecule has 1 aromatic rings. The molecule has 1 fully saturated rings. The minimum atomic E-state index is -0.515. The third-order valence-corrected chi connectivity index (χ3v) is 4.64. The van der Waals surface area contributed by atoms with E-state index in [1.165, 1.54) is 0 Å². The Morgan fingerprint density at radius 1 is 1.17 bits per heavy atom. The maximum atomic E-state index is 12.0. The van der Waals surface area contributed by atoms with Crippen LogP contribution in [0.25, 0.3) is 0 Å². The second-order valence-corrected chi connectivity index (χ2v) is 7.97. The number of benzene rings is 1. The van der Waals surface area contributed by atoms with Crippen molar-refractivity contribution in [2.75, 3.05) is 41.5 Å². The molecule has 9 nitrogen and oxygen atoms in total. The van der Waals surface area contributed by atoms with Crippen molar-refractivity contribution in [3.8, 4) is 17.2 Å². The van der Waals surface area contributed by atoms with E-state index >= 15 is 0 Å². The first-order chi connectivity index (χ1) is 14.2. The number of aliphatic imine (C=N–C) groups is 1. The Labute approximate surface area is 178 Å². The summed E-state index contributed by atoms with van der Waals surface area (Å²) in [5, 5.41) is 6.29. The van der Waals surface area contributed by atoms with Crippen LogP contribution in [-0.2, 0) is 11.3 Å². The zero-order chi connectivity index (χ0) is 22.3. The van der Waals surface area contributed by atoms with Crippen molar-refractivity contribution in [1.29, 1.82) is 0 Å². The average Bonchev–Trinajstić information content (AvgIpc) is 3.14. The molecule has 30 heavy (non-hydrogen) atoms. The van der Waals surface area contributed by atoms with E-state index in [1.54, 1.807) is 28.4 Å². The van der Waals surface area contributed by atoms with Gasteiger partial charge in [-0.15, -0.1) is 0 Å². The van der Waals surface area contributed by atoms with Crippen molar-refractivity contribution < 1.29 is 23.7 Å². The third-order valence-electron chi connectivity index (χ3n) is 4.64. The average molecular weight is 423 g/mol. The number of amides is 1. The molecule has 1 atom stereocenters. The van der Waals surface area contributed by atoms with Crippen LogP contribution < -0.4 is 24.8 Å². The molecule has 0 saturated carbocycles. The maximum absolute atomic E-state index is 12.0. The van der Waals surface area contributed by atoms with E-state index < -0.39 is 11.7 Å². The Hall–Kier alpha value is -2.84. The van der Waals surface area contributed by atoms with Crippen LogP contribution in [0, 0.1) is 0 Å². The highest BCUT2D eigenvalue weighted by atomic mass is 16.6. The van der Waals surface area contributed by atoms with E-state index in [-0.39, 0.29) is 6.04 Å². The summed E-state index contributed by atoms with van der Waals surface area (Å²) in [6, 6.07) is 3.78. The molecule has 168 valence electrons. The Kier molecular flexibility index (Phi) is 8.02. The maximum Gasteiger partial charge on any atom is 0.407 e. The van der Waals surface area contributed by atoms with Gasteiger partial charge < -0.3 is 34.5 Å². The summed E-state index contributed by atoms with van der Waals surface area (Å²) in [7, 11) is 6.51. The summed E-state index contributed by atoms with van der Waals surface area (Å²) >= 11 is 0. The van der Waals surface area contributed by atoms with Crippen LogP contribution in [0.5, 0.6) is 17.2 Å². The number of hydrogen-bond acceptors (Lipinski definition) is 6. The Balaban J connectivity index is 1.98. The molecule has 1 aliphatic heterocycles. The van der Waals surface area contributed by atoms with Gasteiger partial charge in [0.05, 0.1) is 27.4 Å². The van der Waals surface area contributed by atoms with Crippen molar-refractivity contribution >= 4 is 12.1 Å². The van der Waals surface area contributed by atoms with Crippen molar-refractivity contribution in [2.45, 2.75) is 45.4 Å². The molecule has 1 amide bonds.